The molecule has 0 spiro atoms. The molecule has 0 aliphatic rings. The minimum absolute atomic E-state index is 0. The molecule has 0 bridgehead atoms. The monoisotopic (exact) mass is 148 g/mol. The molecular weight excluding hydrogens is 145 g/mol. The maximum absolute atomic E-state index is 8.25. The minimum atomic E-state index is -1.75. The predicted octanol–water partition coefficient (Wildman–Crippen LogP) is -2.00. The van der Waals surface area contributed by atoms with E-state index in [0.29, 0.717) is 0 Å². The van der Waals surface area contributed by atoms with Crippen LogP contribution in [-0.4, -0.2) is 56.5 Å². The fourth-order valence-electron chi connectivity index (χ4n) is 0. The Morgan fingerprint density at radius 3 is 1.25 bits per heavy atom. The van der Waals surface area contributed by atoms with Crippen molar-refractivity contribution in [3.05, 3.63) is 15.3 Å². The van der Waals surface area contributed by atoms with E-state index in [1.54, 1.807) is 0 Å². The second kappa shape index (κ2) is 26.2. The van der Waals surface area contributed by atoms with Crippen molar-refractivity contribution in [3.63, 3.8) is 0 Å². The van der Waals surface area contributed by atoms with Gasteiger partial charge in [0.05, 0.1) is 5.09 Å². The van der Waals surface area contributed by atoms with E-state index in [4.69, 9.17) is 15.3 Å². The van der Waals surface area contributed by atoms with Crippen LogP contribution in [0.2, 0.25) is 0 Å². The van der Waals surface area contributed by atoms with E-state index in [9.17, 15) is 0 Å². The van der Waals surface area contributed by atoms with Gasteiger partial charge in [0, 0.05) is 0 Å². The van der Waals surface area contributed by atoms with Gasteiger partial charge in [-0.1, -0.05) is 0 Å². The third-order valence-electron chi connectivity index (χ3n) is 0. The molecular formula is H3AlMgNO5+3. The molecule has 3 N–H and O–H groups in total. The van der Waals surface area contributed by atoms with E-state index < -0.39 is 5.09 Å². The van der Waals surface area contributed by atoms with Gasteiger partial charge in [0.25, 0.3) is 0 Å². The fraction of sp³-hybridized carbons (Fsp3) is 0. The second-order valence-corrected chi connectivity index (χ2v) is 0.224. The summed E-state index contributed by atoms with van der Waals surface area (Å²) in [4.78, 5) is 8.25. The van der Waals surface area contributed by atoms with Gasteiger partial charge in [0.1, 0.15) is 0 Å². The molecule has 0 aromatic heterocycles. The molecule has 0 saturated carbocycles. The Morgan fingerprint density at radius 1 is 1.25 bits per heavy atom. The standard InChI is InChI=1S/Al.Mg.NO3.2H2O/c;;2-1(3)4;;/h;;;2*1H2/q+3;+2;-1;;/p-1. The zero-order valence-corrected chi connectivity index (χ0v) is 6.47. The largest absolute Gasteiger partial charge is 3.00 e. The van der Waals surface area contributed by atoms with Crippen LogP contribution in [0.1, 0.15) is 0 Å². The molecule has 8 heteroatoms. The smallest absolute Gasteiger partial charge is 0.870 e. The van der Waals surface area contributed by atoms with Gasteiger partial charge in [-0.05, 0) is 0 Å². The predicted molar refractivity (Wildman–Crippen MR) is 27.4 cm³/mol. The van der Waals surface area contributed by atoms with Crippen LogP contribution in [0.15, 0.2) is 0 Å². The van der Waals surface area contributed by atoms with Crippen molar-refractivity contribution in [2.75, 3.05) is 0 Å². The summed E-state index contributed by atoms with van der Waals surface area (Å²) in [5.74, 6) is 0. The molecule has 0 aliphatic carbocycles. The maximum Gasteiger partial charge on any atom is 3.00 e. The molecule has 8 heavy (non-hydrogen) atoms. The third kappa shape index (κ3) is 1080. The van der Waals surface area contributed by atoms with Crippen molar-refractivity contribution in [3.8, 4) is 0 Å². The first-order valence-electron chi connectivity index (χ1n) is 0.548. The SMILES string of the molecule is O.O=[N+]([O-])[O-].[Al+3].[Mg+2].[OH-]. The van der Waals surface area contributed by atoms with Crippen molar-refractivity contribution < 1.29 is 16.0 Å². The summed E-state index contributed by atoms with van der Waals surface area (Å²) in [7, 11) is 0. The normalized spacial score (nSPS) is 3.00. The van der Waals surface area contributed by atoms with Gasteiger partial charge < -0.3 is 26.3 Å². The van der Waals surface area contributed by atoms with E-state index in [2.05, 4.69) is 0 Å². The van der Waals surface area contributed by atoms with Gasteiger partial charge in [0.15, 0.2) is 0 Å². The topological polar surface area (TPSA) is 128 Å². The summed E-state index contributed by atoms with van der Waals surface area (Å²) in [6, 6.07) is 0. The Bertz CT molecular complexity index is 35.4. The fourth-order valence-corrected chi connectivity index (χ4v) is 0. The van der Waals surface area contributed by atoms with Crippen LogP contribution < -0.4 is 0 Å². The molecule has 0 radical (unpaired) electrons. The molecule has 0 heterocycles. The van der Waals surface area contributed by atoms with Gasteiger partial charge in [-0.3, -0.25) is 0 Å². The van der Waals surface area contributed by atoms with E-state index in [1.807, 2.05) is 0 Å². The molecule has 0 aromatic rings. The van der Waals surface area contributed by atoms with Crippen LogP contribution in [0, 0.1) is 15.3 Å². The van der Waals surface area contributed by atoms with E-state index in [1.165, 1.54) is 0 Å². The summed E-state index contributed by atoms with van der Waals surface area (Å²) >= 11 is 0. The van der Waals surface area contributed by atoms with Gasteiger partial charge in [0.2, 0.25) is 0 Å². The molecule has 40 valence electrons. The number of hydrogen-bond donors (Lipinski definition) is 0. The van der Waals surface area contributed by atoms with Crippen molar-refractivity contribution in [2.24, 2.45) is 0 Å². The third-order valence-corrected chi connectivity index (χ3v) is 0. The molecule has 0 fully saturated rings. The van der Waals surface area contributed by atoms with Crippen molar-refractivity contribution >= 4 is 40.4 Å². The molecule has 0 amide bonds. The van der Waals surface area contributed by atoms with Crippen LogP contribution >= 0.6 is 0 Å². The number of nitrogens with zero attached hydrogens (tertiary/aromatic N) is 1. The number of hydrogen-bond acceptors (Lipinski definition) is 4. The van der Waals surface area contributed by atoms with Crippen LogP contribution in [0.25, 0.3) is 0 Å². The molecule has 0 atom stereocenters. The van der Waals surface area contributed by atoms with Gasteiger partial charge in [-0.25, -0.2) is 0 Å². The average molecular weight is 148 g/mol. The Labute approximate surface area is 71.9 Å². The second-order valence-electron chi connectivity index (χ2n) is 0.224. The van der Waals surface area contributed by atoms with Gasteiger partial charge >= 0.3 is 40.4 Å². The maximum atomic E-state index is 8.25. The van der Waals surface area contributed by atoms with Gasteiger partial charge in [-0.2, -0.15) is 0 Å². The molecule has 0 aromatic carbocycles. The van der Waals surface area contributed by atoms with E-state index >= 15 is 0 Å². The summed E-state index contributed by atoms with van der Waals surface area (Å²) < 4.78 is 0. The Balaban J connectivity index is -0.00000000750. The van der Waals surface area contributed by atoms with Crippen molar-refractivity contribution in [2.45, 2.75) is 0 Å². The molecule has 0 unspecified atom stereocenters. The Hall–Kier alpha value is 0.419. The van der Waals surface area contributed by atoms with Crippen LogP contribution in [-0.2, 0) is 0 Å². The van der Waals surface area contributed by atoms with Gasteiger partial charge in [-0.15, -0.1) is 0 Å². The first-order valence-corrected chi connectivity index (χ1v) is 0.548. The molecule has 0 aliphatic heterocycles. The Morgan fingerprint density at radius 2 is 1.25 bits per heavy atom. The van der Waals surface area contributed by atoms with Crippen molar-refractivity contribution in [1.82, 2.24) is 0 Å². The van der Waals surface area contributed by atoms with Crippen LogP contribution in [0.4, 0.5) is 0 Å². The zero-order chi connectivity index (χ0) is 3.58. The number of rotatable bonds is 0. The zero-order valence-electron chi connectivity index (χ0n) is 3.90. The van der Waals surface area contributed by atoms with Crippen molar-refractivity contribution in [1.29, 1.82) is 0 Å². The van der Waals surface area contributed by atoms with E-state index in [0.717, 1.165) is 0 Å². The average Bonchev–Trinajstić information content (AvgIpc) is 0.811. The molecule has 0 rings (SSSR count). The first-order chi connectivity index (χ1) is 1.73. The summed E-state index contributed by atoms with van der Waals surface area (Å²) in [5.41, 5.74) is 0. The minimum Gasteiger partial charge on any atom is -0.870 e. The van der Waals surface area contributed by atoms with Crippen LogP contribution in [0.5, 0.6) is 0 Å². The summed E-state index contributed by atoms with van der Waals surface area (Å²) in [6.45, 7) is 0. The molecule has 0 saturated heterocycles. The van der Waals surface area contributed by atoms with E-state index in [-0.39, 0.29) is 51.4 Å². The Kier molecular flexibility index (Phi) is 130. The quantitative estimate of drug-likeness (QED) is 0.223. The van der Waals surface area contributed by atoms with Crippen LogP contribution in [0.3, 0.4) is 0 Å². The first kappa shape index (κ1) is 39.6. The molecule has 6 nitrogen and oxygen atoms in total. The summed E-state index contributed by atoms with van der Waals surface area (Å²) in [6.07, 6.45) is 0. The summed E-state index contributed by atoms with van der Waals surface area (Å²) in [5, 5.41) is 14.8.